The number of carbonyl (C=O) groups excluding carboxylic acids is 1. The smallest absolute Gasteiger partial charge is 0.237 e. The Kier molecular flexibility index (Phi) is 3.89. The summed E-state index contributed by atoms with van der Waals surface area (Å²) in [6.45, 7) is 6.01. The molecule has 0 saturated carbocycles. The third kappa shape index (κ3) is 2.96. The van der Waals surface area contributed by atoms with E-state index in [9.17, 15) is 4.79 Å². The summed E-state index contributed by atoms with van der Waals surface area (Å²) in [4.78, 5) is 11.2. The van der Waals surface area contributed by atoms with E-state index in [1.165, 1.54) is 0 Å². The molecule has 1 amide bonds. The summed E-state index contributed by atoms with van der Waals surface area (Å²) in [5.74, 6) is -0.321. The van der Waals surface area contributed by atoms with Crippen LogP contribution in [0.4, 0.5) is 0 Å². The number of ether oxygens (including phenoxy) is 1. The number of carbonyl (C=O) groups is 1. The first-order valence-electron chi connectivity index (χ1n) is 5.21. The molecule has 4 heteroatoms. The van der Waals surface area contributed by atoms with E-state index in [0.29, 0.717) is 0 Å². The molecule has 0 bridgehead atoms. The van der Waals surface area contributed by atoms with Crippen molar-refractivity contribution in [3.05, 3.63) is 0 Å². The lowest BCUT2D eigenvalue weighted by molar-refractivity contribution is -0.123. The van der Waals surface area contributed by atoms with Gasteiger partial charge in [0, 0.05) is 6.04 Å². The molecule has 0 aromatic rings. The van der Waals surface area contributed by atoms with Gasteiger partial charge in [0.25, 0.3) is 0 Å². The fourth-order valence-corrected chi connectivity index (χ4v) is 1.81. The SMILES string of the molecule is CC(C)NC(C(N)=O)C1CCC(C)O1. The molecule has 0 aliphatic carbocycles. The maximum Gasteiger partial charge on any atom is 0.237 e. The molecule has 0 aromatic heterocycles. The molecule has 0 spiro atoms. The second kappa shape index (κ2) is 4.75. The van der Waals surface area contributed by atoms with E-state index in [1.807, 2.05) is 20.8 Å². The minimum atomic E-state index is -0.347. The summed E-state index contributed by atoms with van der Waals surface area (Å²) in [5, 5.41) is 3.14. The van der Waals surface area contributed by atoms with Crippen molar-refractivity contribution in [2.45, 2.75) is 57.9 Å². The lowest BCUT2D eigenvalue weighted by Crippen LogP contribution is -2.51. The highest BCUT2D eigenvalue weighted by atomic mass is 16.5. The molecule has 1 heterocycles. The summed E-state index contributed by atoms with van der Waals surface area (Å²) in [6, 6.07) is -0.105. The highest BCUT2D eigenvalue weighted by molar-refractivity contribution is 5.80. The Morgan fingerprint density at radius 1 is 1.50 bits per heavy atom. The Hall–Kier alpha value is -0.610. The third-order valence-electron chi connectivity index (χ3n) is 2.46. The van der Waals surface area contributed by atoms with Gasteiger partial charge in [-0.25, -0.2) is 0 Å². The molecule has 3 atom stereocenters. The van der Waals surface area contributed by atoms with Gasteiger partial charge in [-0.1, -0.05) is 13.8 Å². The van der Waals surface area contributed by atoms with Gasteiger partial charge in [0.05, 0.1) is 12.2 Å². The fourth-order valence-electron chi connectivity index (χ4n) is 1.81. The highest BCUT2D eigenvalue weighted by Gasteiger charge is 2.33. The molecule has 0 radical (unpaired) electrons. The second-order valence-electron chi connectivity index (χ2n) is 4.26. The van der Waals surface area contributed by atoms with Gasteiger partial charge in [0.1, 0.15) is 6.04 Å². The number of hydrogen-bond donors (Lipinski definition) is 2. The first-order valence-corrected chi connectivity index (χ1v) is 5.21. The summed E-state index contributed by atoms with van der Waals surface area (Å²) >= 11 is 0. The van der Waals surface area contributed by atoms with E-state index in [2.05, 4.69) is 5.32 Å². The van der Waals surface area contributed by atoms with Crippen LogP contribution in [0.5, 0.6) is 0 Å². The van der Waals surface area contributed by atoms with Crippen LogP contribution >= 0.6 is 0 Å². The predicted molar refractivity (Wildman–Crippen MR) is 54.8 cm³/mol. The Balaban J connectivity index is 2.54. The highest BCUT2D eigenvalue weighted by Crippen LogP contribution is 2.21. The van der Waals surface area contributed by atoms with Gasteiger partial charge in [-0.05, 0) is 19.8 Å². The van der Waals surface area contributed by atoms with E-state index in [-0.39, 0.29) is 30.2 Å². The number of rotatable bonds is 4. The van der Waals surface area contributed by atoms with Gasteiger partial charge in [-0.15, -0.1) is 0 Å². The zero-order valence-corrected chi connectivity index (χ0v) is 9.12. The van der Waals surface area contributed by atoms with Crippen LogP contribution in [0.2, 0.25) is 0 Å². The topological polar surface area (TPSA) is 64.3 Å². The van der Waals surface area contributed by atoms with Gasteiger partial charge < -0.3 is 15.8 Å². The van der Waals surface area contributed by atoms with E-state index in [0.717, 1.165) is 12.8 Å². The normalized spacial score (nSPS) is 29.4. The molecule has 1 aliphatic heterocycles. The molecule has 1 saturated heterocycles. The quantitative estimate of drug-likeness (QED) is 0.690. The molecule has 3 N–H and O–H groups in total. The van der Waals surface area contributed by atoms with Crippen molar-refractivity contribution in [3.63, 3.8) is 0 Å². The number of hydrogen-bond acceptors (Lipinski definition) is 3. The molecule has 0 aromatic carbocycles. The van der Waals surface area contributed by atoms with Gasteiger partial charge in [0.2, 0.25) is 5.91 Å². The van der Waals surface area contributed by atoms with Crippen LogP contribution in [-0.4, -0.2) is 30.2 Å². The lowest BCUT2D eigenvalue weighted by atomic mass is 10.1. The largest absolute Gasteiger partial charge is 0.373 e. The Bertz CT molecular complexity index is 206. The zero-order valence-electron chi connectivity index (χ0n) is 9.12. The first kappa shape index (κ1) is 11.5. The number of primary amides is 1. The second-order valence-corrected chi connectivity index (χ2v) is 4.26. The standard InChI is InChI=1S/C10H20N2O2/c1-6(2)12-9(10(11)13)8-5-4-7(3)14-8/h6-9,12H,4-5H2,1-3H3,(H2,11,13). The number of nitrogens with one attached hydrogen (secondary N) is 1. The minimum Gasteiger partial charge on any atom is -0.373 e. The fraction of sp³-hybridized carbons (Fsp3) is 0.900. The lowest BCUT2D eigenvalue weighted by Gasteiger charge is -2.23. The molecule has 3 unspecified atom stereocenters. The van der Waals surface area contributed by atoms with E-state index >= 15 is 0 Å². The van der Waals surface area contributed by atoms with Crippen LogP contribution < -0.4 is 11.1 Å². The third-order valence-corrected chi connectivity index (χ3v) is 2.46. The molecular formula is C10H20N2O2. The van der Waals surface area contributed by atoms with Crippen molar-refractivity contribution in [3.8, 4) is 0 Å². The van der Waals surface area contributed by atoms with Crippen LogP contribution in [0.1, 0.15) is 33.6 Å². The number of amides is 1. The minimum absolute atomic E-state index is 0.0510. The van der Waals surface area contributed by atoms with Crippen molar-refractivity contribution in [1.29, 1.82) is 0 Å². The molecule has 1 aliphatic rings. The van der Waals surface area contributed by atoms with Crippen LogP contribution in [0.15, 0.2) is 0 Å². The average molecular weight is 200 g/mol. The monoisotopic (exact) mass is 200 g/mol. The van der Waals surface area contributed by atoms with Gasteiger partial charge in [-0.3, -0.25) is 4.79 Å². The van der Waals surface area contributed by atoms with Crippen LogP contribution in [0, 0.1) is 0 Å². The zero-order chi connectivity index (χ0) is 10.7. The summed E-state index contributed by atoms with van der Waals surface area (Å²) in [5.41, 5.74) is 5.33. The summed E-state index contributed by atoms with van der Waals surface area (Å²) < 4.78 is 5.62. The Labute approximate surface area is 85.2 Å². The van der Waals surface area contributed by atoms with Gasteiger partial charge >= 0.3 is 0 Å². The molecule has 1 fully saturated rings. The van der Waals surface area contributed by atoms with Crippen molar-refractivity contribution in [2.24, 2.45) is 5.73 Å². The first-order chi connectivity index (χ1) is 6.50. The Morgan fingerprint density at radius 2 is 2.14 bits per heavy atom. The summed E-state index contributed by atoms with van der Waals surface area (Å²) in [7, 11) is 0. The van der Waals surface area contributed by atoms with Crippen LogP contribution in [-0.2, 0) is 9.53 Å². The molecular weight excluding hydrogens is 180 g/mol. The van der Waals surface area contributed by atoms with Crippen molar-refractivity contribution in [2.75, 3.05) is 0 Å². The molecule has 1 rings (SSSR count). The Morgan fingerprint density at radius 3 is 2.50 bits per heavy atom. The van der Waals surface area contributed by atoms with Gasteiger partial charge in [0.15, 0.2) is 0 Å². The molecule has 14 heavy (non-hydrogen) atoms. The van der Waals surface area contributed by atoms with Crippen molar-refractivity contribution < 1.29 is 9.53 Å². The maximum atomic E-state index is 11.2. The molecule has 4 nitrogen and oxygen atoms in total. The molecule has 82 valence electrons. The average Bonchev–Trinajstić information content (AvgIpc) is 2.46. The van der Waals surface area contributed by atoms with Gasteiger partial charge in [-0.2, -0.15) is 0 Å². The van der Waals surface area contributed by atoms with E-state index < -0.39 is 0 Å². The maximum absolute atomic E-state index is 11.2. The van der Waals surface area contributed by atoms with Crippen LogP contribution in [0.25, 0.3) is 0 Å². The number of nitrogens with two attached hydrogens (primary N) is 1. The van der Waals surface area contributed by atoms with Crippen molar-refractivity contribution in [1.82, 2.24) is 5.32 Å². The predicted octanol–water partition coefficient (Wildman–Crippen LogP) is 0.406. The summed E-state index contributed by atoms with van der Waals surface area (Å²) in [6.07, 6.45) is 2.11. The van der Waals surface area contributed by atoms with E-state index in [1.54, 1.807) is 0 Å². The van der Waals surface area contributed by atoms with Crippen LogP contribution in [0.3, 0.4) is 0 Å². The van der Waals surface area contributed by atoms with E-state index in [4.69, 9.17) is 10.5 Å². The van der Waals surface area contributed by atoms with Crippen molar-refractivity contribution >= 4 is 5.91 Å².